The van der Waals surface area contributed by atoms with Crippen molar-refractivity contribution in [1.29, 1.82) is 0 Å². The molecule has 134 valence electrons. The van der Waals surface area contributed by atoms with Gasteiger partial charge in [-0.15, -0.1) is 0 Å². The smallest absolute Gasteiger partial charge is 0.190 e. The Labute approximate surface area is 146 Å². The number of nitrogens with zero attached hydrogens (tertiary/aromatic N) is 2. The van der Waals surface area contributed by atoms with Crippen molar-refractivity contribution in [3.8, 4) is 5.75 Å². The minimum absolute atomic E-state index is 0.710. The maximum Gasteiger partial charge on any atom is 0.190 e. The van der Waals surface area contributed by atoms with Gasteiger partial charge in [0, 0.05) is 26.7 Å². The summed E-state index contributed by atoms with van der Waals surface area (Å²) >= 11 is 0. The first-order chi connectivity index (χ1) is 11.8. The lowest BCUT2D eigenvalue weighted by molar-refractivity contribution is 0.183. The van der Waals surface area contributed by atoms with E-state index in [9.17, 15) is 0 Å². The maximum atomic E-state index is 5.69. The Kier molecular flexibility index (Phi) is 8.46. The van der Waals surface area contributed by atoms with Crippen molar-refractivity contribution in [1.82, 2.24) is 15.5 Å². The molecular formula is C19H32N4O. The molecule has 1 unspecified atom stereocenters. The minimum atomic E-state index is 0.710. The Hall–Kier alpha value is -1.75. The van der Waals surface area contributed by atoms with Crippen LogP contribution in [0.5, 0.6) is 5.75 Å². The topological polar surface area (TPSA) is 48.9 Å². The number of benzene rings is 1. The molecule has 1 aromatic rings. The van der Waals surface area contributed by atoms with Crippen LogP contribution in [0.1, 0.15) is 26.2 Å². The molecule has 1 aliphatic rings. The lowest BCUT2D eigenvalue weighted by Gasteiger charge is -2.32. The number of aliphatic imine (C=N–C) groups is 1. The highest BCUT2D eigenvalue weighted by Gasteiger charge is 2.18. The molecule has 5 nitrogen and oxygen atoms in total. The Bertz CT molecular complexity index is 478. The molecule has 0 aromatic heterocycles. The van der Waals surface area contributed by atoms with Gasteiger partial charge in [0.25, 0.3) is 0 Å². The standard InChI is InChI=1S/C19H32N4O/c1-3-23-13-7-9-17(16-23)15-22-19(20-2)21-12-8-14-24-18-10-5-4-6-11-18/h4-6,10-11,17H,3,7-9,12-16H2,1-2H3,(H2,20,21,22). The van der Waals surface area contributed by atoms with E-state index >= 15 is 0 Å². The Balaban J connectivity index is 1.57. The van der Waals surface area contributed by atoms with E-state index in [0.717, 1.165) is 43.7 Å². The van der Waals surface area contributed by atoms with Crippen LogP contribution in [-0.4, -0.2) is 57.2 Å². The quantitative estimate of drug-likeness (QED) is 0.436. The van der Waals surface area contributed by atoms with Gasteiger partial charge in [0.1, 0.15) is 5.75 Å². The highest BCUT2D eigenvalue weighted by molar-refractivity contribution is 5.79. The Morgan fingerprint density at radius 2 is 2.12 bits per heavy atom. The highest BCUT2D eigenvalue weighted by atomic mass is 16.5. The summed E-state index contributed by atoms with van der Waals surface area (Å²) < 4.78 is 5.69. The monoisotopic (exact) mass is 332 g/mol. The molecule has 1 fully saturated rings. The van der Waals surface area contributed by atoms with Crippen molar-refractivity contribution >= 4 is 5.96 Å². The van der Waals surface area contributed by atoms with Gasteiger partial charge in [-0.05, 0) is 50.4 Å². The lowest BCUT2D eigenvalue weighted by atomic mass is 9.98. The van der Waals surface area contributed by atoms with E-state index in [1.807, 2.05) is 37.4 Å². The number of likely N-dealkylation sites (tertiary alicyclic amines) is 1. The van der Waals surface area contributed by atoms with Gasteiger partial charge in [-0.25, -0.2) is 0 Å². The number of piperidine rings is 1. The van der Waals surface area contributed by atoms with E-state index in [0.29, 0.717) is 6.61 Å². The van der Waals surface area contributed by atoms with Crippen LogP contribution in [0, 0.1) is 5.92 Å². The van der Waals surface area contributed by atoms with Crippen LogP contribution in [0.15, 0.2) is 35.3 Å². The lowest BCUT2D eigenvalue weighted by Crippen LogP contribution is -2.44. The second-order valence-electron chi connectivity index (χ2n) is 6.30. The molecule has 24 heavy (non-hydrogen) atoms. The number of hydrogen-bond acceptors (Lipinski definition) is 3. The van der Waals surface area contributed by atoms with Gasteiger partial charge in [0.2, 0.25) is 0 Å². The van der Waals surface area contributed by atoms with Gasteiger partial charge in [-0.1, -0.05) is 25.1 Å². The first-order valence-electron chi connectivity index (χ1n) is 9.16. The number of nitrogens with one attached hydrogen (secondary N) is 2. The SMILES string of the molecule is CCN1CCCC(CNC(=NC)NCCCOc2ccccc2)C1. The molecule has 0 saturated carbocycles. The molecule has 2 rings (SSSR count). The molecule has 0 aliphatic carbocycles. The number of para-hydroxylation sites is 1. The van der Waals surface area contributed by atoms with Crippen molar-refractivity contribution in [3.63, 3.8) is 0 Å². The molecule has 0 amide bonds. The molecule has 1 heterocycles. The maximum absolute atomic E-state index is 5.69. The summed E-state index contributed by atoms with van der Waals surface area (Å²) in [7, 11) is 1.83. The molecule has 5 heteroatoms. The summed E-state index contributed by atoms with van der Waals surface area (Å²) in [6.45, 7) is 8.42. The third kappa shape index (κ3) is 6.79. The van der Waals surface area contributed by atoms with Gasteiger partial charge in [-0.2, -0.15) is 0 Å². The van der Waals surface area contributed by atoms with Crippen LogP contribution in [-0.2, 0) is 0 Å². The normalized spacial score (nSPS) is 19.1. The minimum Gasteiger partial charge on any atom is -0.494 e. The van der Waals surface area contributed by atoms with Crippen LogP contribution in [0.25, 0.3) is 0 Å². The fourth-order valence-corrected chi connectivity index (χ4v) is 3.05. The van der Waals surface area contributed by atoms with Crippen LogP contribution in [0.4, 0.5) is 0 Å². The third-order valence-corrected chi connectivity index (χ3v) is 4.46. The van der Waals surface area contributed by atoms with Crippen molar-refractivity contribution < 1.29 is 4.74 Å². The average Bonchev–Trinajstić information content (AvgIpc) is 2.65. The summed E-state index contributed by atoms with van der Waals surface area (Å²) in [5.74, 6) is 2.54. The van der Waals surface area contributed by atoms with Gasteiger partial charge >= 0.3 is 0 Å². The van der Waals surface area contributed by atoms with Gasteiger partial charge in [0.05, 0.1) is 6.61 Å². The first kappa shape index (κ1) is 18.6. The summed E-state index contributed by atoms with van der Waals surface area (Å²) in [6, 6.07) is 9.94. The predicted molar refractivity (Wildman–Crippen MR) is 101 cm³/mol. The van der Waals surface area contributed by atoms with E-state index in [4.69, 9.17) is 4.74 Å². The fourth-order valence-electron chi connectivity index (χ4n) is 3.05. The zero-order valence-corrected chi connectivity index (χ0v) is 15.1. The van der Waals surface area contributed by atoms with Gasteiger partial charge < -0.3 is 20.3 Å². The van der Waals surface area contributed by atoms with Crippen molar-refractivity contribution in [3.05, 3.63) is 30.3 Å². The second-order valence-corrected chi connectivity index (χ2v) is 6.30. The fraction of sp³-hybridized carbons (Fsp3) is 0.632. The molecule has 1 aromatic carbocycles. The molecule has 2 N–H and O–H groups in total. The van der Waals surface area contributed by atoms with E-state index in [1.54, 1.807) is 0 Å². The van der Waals surface area contributed by atoms with E-state index < -0.39 is 0 Å². The molecule has 1 saturated heterocycles. The highest BCUT2D eigenvalue weighted by Crippen LogP contribution is 2.15. The van der Waals surface area contributed by atoms with E-state index in [2.05, 4.69) is 27.4 Å². The number of ether oxygens (including phenoxy) is 1. The largest absolute Gasteiger partial charge is 0.494 e. The zero-order chi connectivity index (χ0) is 17.0. The first-order valence-corrected chi connectivity index (χ1v) is 9.16. The Morgan fingerprint density at radius 1 is 1.29 bits per heavy atom. The van der Waals surface area contributed by atoms with Crippen LogP contribution in [0.3, 0.4) is 0 Å². The number of hydrogen-bond donors (Lipinski definition) is 2. The molecule has 0 bridgehead atoms. The van der Waals surface area contributed by atoms with Gasteiger partial charge in [-0.3, -0.25) is 4.99 Å². The second kappa shape index (κ2) is 10.9. The summed E-state index contributed by atoms with van der Waals surface area (Å²) in [5.41, 5.74) is 0. The van der Waals surface area contributed by atoms with E-state index in [-0.39, 0.29) is 0 Å². The number of guanidine groups is 1. The number of rotatable bonds is 8. The van der Waals surface area contributed by atoms with Crippen molar-refractivity contribution in [2.24, 2.45) is 10.9 Å². The van der Waals surface area contributed by atoms with Crippen LogP contribution < -0.4 is 15.4 Å². The summed E-state index contributed by atoms with van der Waals surface area (Å²) in [4.78, 5) is 6.84. The molecule has 0 spiro atoms. The zero-order valence-electron chi connectivity index (χ0n) is 15.1. The molecule has 1 aliphatic heterocycles. The van der Waals surface area contributed by atoms with Crippen molar-refractivity contribution in [2.45, 2.75) is 26.2 Å². The summed E-state index contributed by atoms with van der Waals surface area (Å²) in [5, 5.41) is 6.83. The van der Waals surface area contributed by atoms with E-state index in [1.165, 1.54) is 25.9 Å². The molecule has 1 atom stereocenters. The molecular weight excluding hydrogens is 300 g/mol. The Morgan fingerprint density at radius 3 is 2.88 bits per heavy atom. The van der Waals surface area contributed by atoms with Gasteiger partial charge in [0.15, 0.2) is 5.96 Å². The van der Waals surface area contributed by atoms with Crippen LogP contribution >= 0.6 is 0 Å². The third-order valence-electron chi connectivity index (χ3n) is 4.46. The molecule has 0 radical (unpaired) electrons. The average molecular weight is 332 g/mol. The van der Waals surface area contributed by atoms with Crippen LogP contribution in [0.2, 0.25) is 0 Å². The summed E-state index contributed by atoms with van der Waals surface area (Å²) in [6.07, 6.45) is 3.57. The van der Waals surface area contributed by atoms with Crippen molar-refractivity contribution in [2.75, 3.05) is 46.4 Å². The predicted octanol–water partition coefficient (Wildman–Crippen LogP) is 2.35.